The highest BCUT2D eigenvalue weighted by Crippen LogP contribution is 2.18. The first-order chi connectivity index (χ1) is 12.5. The lowest BCUT2D eigenvalue weighted by Crippen LogP contribution is -2.39. The second-order valence-corrected chi connectivity index (χ2v) is 5.38. The van der Waals surface area contributed by atoms with Crippen LogP contribution in [0.3, 0.4) is 0 Å². The summed E-state index contributed by atoms with van der Waals surface area (Å²) >= 11 is 0. The molecule has 0 aliphatic heterocycles. The summed E-state index contributed by atoms with van der Waals surface area (Å²) < 4.78 is 4.91. The highest BCUT2D eigenvalue weighted by molar-refractivity contribution is 5.91. The molecule has 0 bridgehead atoms. The fraction of sp³-hybridized carbons (Fsp3) is 0.222. The third-order valence-electron chi connectivity index (χ3n) is 3.44. The van der Waals surface area contributed by atoms with E-state index >= 15 is 0 Å². The summed E-state index contributed by atoms with van der Waals surface area (Å²) in [6.45, 7) is 1.86. The number of hydrogen-bond donors (Lipinski definition) is 1. The molecule has 2 amide bonds. The Morgan fingerprint density at radius 1 is 1.15 bits per heavy atom. The summed E-state index contributed by atoms with van der Waals surface area (Å²) in [5, 5.41) is 13.4. The molecule has 0 saturated carbocycles. The van der Waals surface area contributed by atoms with Crippen LogP contribution in [0.15, 0.2) is 54.6 Å². The molecule has 0 unspecified atom stereocenters. The number of carbonyl (C=O) groups is 2. The monoisotopic (exact) mass is 357 g/mol. The van der Waals surface area contributed by atoms with Gasteiger partial charge in [-0.15, -0.1) is 0 Å². The van der Waals surface area contributed by atoms with Crippen molar-refractivity contribution in [2.45, 2.75) is 13.5 Å². The van der Waals surface area contributed by atoms with Gasteiger partial charge in [0.15, 0.2) is 0 Å². The summed E-state index contributed by atoms with van der Waals surface area (Å²) in [7, 11) is 0. The van der Waals surface area contributed by atoms with Crippen LogP contribution in [0.4, 0.5) is 16.2 Å². The second-order valence-electron chi connectivity index (χ2n) is 5.38. The van der Waals surface area contributed by atoms with Crippen LogP contribution in [0.25, 0.3) is 0 Å². The van der Waals surface area contributed by atoms with E-state index < -0.39 is 16.9 Å². The maximum Gasteiger partial charge on any atom is 0.325 e. The topological polar surface area (TPSA) is 102 Å². The lowest BCUT2D eigenvalue weighted by atomic mass is 10.2. The van der Waals surface area contributed by atoms with Crippen LogP contribution >= 0.6 is 0 Å². The quantitative estimate of drug-likeness (QED) is 0.466. The highest BCUT2D eigenvalue weighted by atomic mass is 16.6. The van der Waals surface area contributed by atoms with Crippen LogP contribution in [0, 0.1) is 10.1 Å². The Labute approximate surface area is 150 Å². The van der Waals surface area contributed by atoms with Crippen molar-refractivity contribution in [3.8, 4) is 0 Å². The molecule has 0 spiro atoms. The molecule has 0 aliphatic carbocycles. The van der Waals surface area contributed by atoms with Gasteiger partial charge in [0.2, 0.25) is 0 Å². The second kappa shape index (κ2) is 9.16. The summed E-state index contributed by atoms with van der Waals surface area (Å²) in [5.74, 6) is -0.530. The number of carbonyl (C=O) groups excluding carboxylic acids is 2. The lowest BCUT2D eigenvalue weighted by molar-refractivity contribution is -0.384. The van der Waals surface area contributed by atoms with E-state index in [0.29, 0.717) is 0 Å². The van der Waals surface area contributed by atoms with E-state index in [0.717, 1.165) is 5.56 Å². The minimum atomic E-state index is -0.553. The Hall–Kier alpha value is -3.42. The molecule has 0 radical (unpaired) electrons. The van der Waals surface area contributed by atoms with Gasteiger partial charge in [-0.25, -0.2) is 4.79 Å². The van der Waals surface area contributed by atoms with Gasteiger partial charge in [-0.2, -0.15) is 0 Å². The van der Waals surface area contributed by atoms with E-state index in [4.69, 9.17) is 4.74 Å². The lowest BCUT2D eigenvalue weighted by Gasteiger charge is -2.22. The maximum absolute atomic E-state index is 12.6. The van der Waals surface area contributed by atoms with Crippen LogP contribution in [0.2, 0.25) is 0 Å². The number of anilines is 1. The molecular weight excluding hydrogens is 338 g/mol. The standard InChI is InChI=1S/C18H19N3O5/c1-2-26-17(22)13-20(12-14-7-4-3-5-8-14)18(23)19-15-9-6-10-16(11-15)21(24)25/h3-11H,2,12-13H2,1H3,(H,19,23). The van der Waals surface area contributed by atoms with Crippen molar-refractivity contribution in [2.75, 3.05) is 18.5 Å². The van der Waals surface area contributed by atoms with Crippen molar-refractivity contribution < 1.29 is 19.2 Å². The van der Waals surface area contributed by atoms with E-state index in [9.17, 15) is 19.7 Å². The number of esters is 1. The number of hydrogen-bond acceptors (Lipinski definition) is 5. The van der Waals surface area contributed by atoms with E-state index in [1.807, 2.05) is 30.3 Å². The first kappa shape index (κ1) is 18.9. The number of benzene rings is 2. The Balaban J connectivity index is 2.14. The van der Waals surface area contributed by atoms with E-state index in [1.165, 1.54) is 29.2 Å². The van der Waals surface area contributed by atoms with Crippen LogP contribution in [0.5, 0.6) is 0 Å². The van der Waals surface area contributed by atoms with Gasteiger partial charge in [-0.3, -0.25) is 14.9 Å². The Kier molecular flexibility index (Phi) is 6.67. The number of ether oxygens (including phenoxy) is 1. The Morgan fingerprint density at radius 3 is 2.54 bits per heavy atom. The Morgan fingerprint density at radius 2 is 1.88 bits per heavy atom. The normalized spacial score (nSPS) is 10.0. The summed E-state index contributed by atoms with van der Waals surface area (Å²) in [6.07, 6.45) is 0. The number of nitro groups is 1. The van der Waals surface area contributed by atoms with Gasteiger partial charge in [0.1, 0.15) is 6.54 Å². The fourth-order valence-corrected chi connectivity index (χ4v) is 2.27. The van der Waals surface area contributed by atoms with Crippen LogP contribution < -0.4 is 5.32 Å². The van der Waals surface area contributed by atoms with Crippen molar-refractivity contribution in [2.24, 2.45) is 0 Å². The van der Waals surface area contributed by atoms with Crippen molar-refractivity contribution >= 4 is 23.4 Å². The molecular formula is C18H19N3O5. The summed E-state index contributed by atoms with van der Waals surface area (Å²) in [5.41, 5.74) is 0.972. The minimum Gasteiger partial charge on any atom is -0.465 e. The number of urea groups is 1. The zero-order chi connectivity index (χ0) is 18.9. The summed E-state index contributed by atoms with van der Waals surface area (Å²) in [4.78, 5) is 36.0. The SMILES string of the molecule is CCOC(=O)CN(Cc1ccccc1)C(=O)Nc1cccc([N+](=O)[O-])c1. The number of nitrogens with one attached hydrogen (secondary N) is 1. The van der Waals surface area contributed by atoms with Crippen molar-refractivity contribution in [1.82, 2.24) is 4.90 Å². The first-order valence-electron chi connectivity index (χ1n) is 7.99. The predicted molar refractivity (Wildman–Crippen MR) is 95.6 cm³/mol. The minimum absolute atomic E-state index is 0.136. The van der Waals surface area contributed by atoms with Crippen LogP contribution in [-0.2, 0) is 16.1 Å². The average molecular weight is 357 g/mol. The average Bonchev–Trinajstić information content (AvgIpc) is 2.62. The number of non-ortho nitro benzene ring substituents is 1. The molecule has 8 heteroatoms. The molecule has 2 aromatic rings. The molecule has 1 N–H and O–H groups in total. The molecule has 26 heavy (non-hydrogen) atoms. The molecule has 0 saturated heterocycles. The largest absolute Gasteiger partial charge is 0.465 e. The number of nitro benzene ring substituents is 1. The maximum atomic E-state index is 12.6. The van der Waals surface area contributed by atoms with Gasteiger partial charge < -0.3 is 15.0 Å². The van der Waals surface area contributed by atoms with Crippen LogP contribution in [0.1, 0.15) is 12.5 Å². The van der Waals surface area contributed by atoms with Gasteiger partial charge in [0.05, 0.1) is 11.5 Å². The van der Waals surface area contributed by atoms with Gasteiger partial charge >= 0.3 is 12.0 Å². The first-order valence-corrected chi connectivity index (χ1v) is 7.99. The highest BCUT2D eigenvalue weighted by Gasteiger charge is 2.19. The van der Waals surface area contributed by atoms with Gasteiger partial charge in [-0.1, -0.05) is 36.4 Å². The fourth-order valence-electron chi connectivity index (χ4n) is 2.27. The summed E-state index contributed by atoms with van der Waals surface area (Å²) in [6, 6.07) is 14.2. The molecule has 136 valence electrons. The van der Waals surface area contributed by atoms with Crippen molar-refractivity contribution in [1.29, 1.82) is 0 Å². The Bertz CT molecular complexity index is 779. The molecule has 2 aromatic carbocycles. The van der Waals surface area contributed by atoms with Crippen molar-refractivity contribution in [3.63, 3.8) is 0 Å². The molecule has 0 atom stereocenters. The van der Waals surface area contributed by atoms with E-state index in [2.05, 4.69) is 5.32 Å². The molecule has 0 aromatic heterocycles. The van der Waals surface area contributed by atoms with Gasteiger partial charge in [0, 0.05) is 24.4 Å². The third kappa shape index (κ3) is 5.59. The number of amides is 2. The van der Waals surface area contributed by atoms with Crippen LogP contribution in [-0.4, -0.2) is 35.0 Å². The number of rotatable bonds is 7. The smallest absolute Gasteiger partial charge is 0.325 e. The third-order valence-corrected chi connectivity index (χ3v) is 3.44. The van der Waals surface area contributed by atoms with E-state index in [-0.39, 0.29) is 31.1 Å². The molecule has 0 fully saturated rings. The molecule has 8 nitrogen and oxygen atoms in total. The van der Waals surface area contributed by atoms with Crippen molar-refractivity contribution in [3.05, 3.63) is 70.3 Å². The zero-order valence-corrected chi connectivity index (χ0v) is 14.3. The van der Waals surface area contributed by atoms with Gasteiger partial charge in [-0.05, 0) is 18.6 Å². The molecule has 0 heterocycles. The molecule has 2 rings (SSSR count). The van der Waals surface area contributed by atoms with Gasteiger partial charge in [0.25, 0.3) is 5.69 Å². The molecule has 0 aliphatic rings. The van der Waals surface area contributed by atoms with E-state index in [1.54, 1.807) is 6.92 Å². The number of nitrogens with zero attached hydrogens (tertiary/aromatic N) is 2. The zero-order valence-electron chi connectivity index (χ0n) is 14.3. The predicted octanol–water partition coefficient (Wildman–Crippen LogP) is 3.19.